The first-order valence-electron chi connectivity index (χ1n) is 3.16. The lowest BCUT2D eigenvalue weighted by atomic mass is 10.3. The van der Waals surface area contributed by atoms with Gasteiger partial charge in [-0.1, -0.05) is 22.0 Å². The molecule has 1 unspecified atom stereocenters. The van der Waals surface area contributed by atoms with E-state index in [0.29, 0.717) is 0 Å². The molecule has 0 spiro atoms. The largest absolute Gasteiger partial charge is 0.251 e. The van der Waals surface area contributed by atoms with Crippen LogP contribution in [-0.4, -0.2) is 9.55 Å². The molecule has 0 radical (unpaired) electrons. The van der Waals surface area contributed by atoms with Gasteiger partial charge in [0.25, 0.3) is 0 Å². The maximum absolute atomic E-state index is 4.11. The van der Waals surface area contributed by atoms with Gasteiger partial charge in [-0.05, 0) is 21.5 Å². The smallest absolute Gasteiger partial charge is 0.0728 e. The fourth-order valence-electron chi connectivity index (χ4n) is 1.04. The predicted octanol–water partition coefficient (Wildman–Crippen LogP) is 2.44. The molecule has 1 atom stereocenters. The second-order valence-electron chi connectivity index (χ2n) is 2.26. The molecule has 4 heteroatoms. The summed E-state index contributed by atoms with van der Waals surface area (Å²) in [6.45, 7) is 0. The summed E-state index contributed by atoms with van der Waals surface area (Å²) in [6, 6.07) is 6.03. The van der Waals surface area contributed by atoms with Crippen LogP contribution in [0.25, 0.3) is 10.9 Å². The predicted molar refractivity (Wildman–Crippen MR) is 52.5 cm³/mol. The van der Waals surface area contributed by atoms with Gasteiger partial charge < -0.3 is 0 Å². The van der Waals surface area contributed by atoms with Crippen LogP contribution < -0.4 is 0 Å². The second-order valence-corrected chi connectivity index (χ2v) is 3.61. The monoisotopic (exact) mass is 228 g/mol. The SMILES string of the molecule is Pn1ncc2c(Br)cccc21. The zero-order chi connectivity index (χ0) is 7.84. The third kappa shape index (κ3) is 1.09. The summed E-state index contributed by atoms with van der Waals surface area (Å²) in [5.41, 5.74) is 1.12. The lowest BCUT2D eigenvalue weighted by Gasteiger charge is -1.93. The van der Waals surface area contributed by atoms with Gasteiger partial charge in [-0.2, -0.15) is 5.10 Å². The van der Waals surface area contributed by atoms with Gasteiger partial charge >= 0.3 is 0 Å². The van der Waals surface area contributed by atoms with Gasteiger partial charge in [0.1, 0.15) is 0 Å². The Balaban J connectivity index is 2.94. The molecule has 0 aliphatic heterocycles. The molecular formula is C7H6BrN2P. The fourth-order valence-corrected chi connectivity index (χ4v) is 1.79. The van der Waals surface area contributed by atoms with E-state index in [1.54, 1.807) is 4.45 Å². The molecule has 0 fully saturated rings. The third-order valence-electron chi connectivity index (χ3n) is 1.59. The zero-order valence-electron chi connectivity index (χ0n) is 5.66. The van der Waals surface area contributed by atoms with Crippen LogP contribution in [0, 0.1) is 0 Å². The number of nitrogens with zero attached hydrogens (tertiary/aromatic N) is 2. The normalized spacial score (nSPS) is 10.7. The average molecular weight is 229 g/mol. The van der Waals surface area contributed by atoms with Crippen molar-refractivity contribution in [2.24, 2.45) is 0 Å². The number of benzene rings is 1. The quantitative estimate of drug-likeness (QED) is 0.634. The van der Waals surface area contributed by atoms with E-state index >= 15 is 0 Å². The minimum absolute atomic E-state index is 1.09. The molecule has 56 valence electrons. The van der Waals surface area contributed by atoms with Crippen molar-refractivity contribution in [2.45, 2.75) is 0 Å². The van der Waals surface area contributed by atoms with E-state index in [4.69, 9.17) is 0 Å². The number of aromatic nitrogens is 2. The Morgan fingerprint density at radius 2 is 2.27 bits per heavy atom. The Hall–Kier alpha value is -0.400. The number of halogens is 1. The van der Waals surface area contributed by atoms with Crippen LogP contribution >= 0.6 is 25.3 Å². The van der Waals surface area contributed by atoms with Crippen LogP contribution in [0.1, 0.15) is 0 Å². The molecule has 0 saturated carbocycles. The molecule has 2 rings (SSSR count). The first-order chi connectivity index (χ1) is 5.29. The summed E-state index contributed by atoms with van der Waals surface area (Å²) in [7, 11) is 2.54. The molecule has 0 aliphatic rings. The molecule has 0 amide bonds. The highest BCUT2D eigenvalue weighted by atomic mass is 79.9. The molecule has 2 aromatic rings. The van der Waals surface area contributed by atoms with Crippen molar-refractivity contribution in [2.75, 3.05) is 0 Å². The minimum atomic E-state index is 1.09. The van der Waals surface area contributed by atoms with Crippen LogP contribution in [0.15, 0.2) is 28.9 Å². The zero-order valence-corrected chi connectivity index (χ0v) is 8.40. The Morgan fingerprint density at radius 3 is 3.00 bits per heavy atom. The molecule has 1 aromatic carbocycles. The Bertz CT molecular complexity index is 396. The highest BCUT2D eigenvalue weighted by Crippen LogP contribution is 2.23. The molecule has 2 nitrogen and oxygen atoms in total. The van der Waals surface area contributed by atoms with E-state index < -0.39 is 0 Å². The van der Waals surface area contributed by atoms with Crippen molar-refractivity contribution in [1.82, 2.24) is 9.55 Å². The number of hydrogen-bond donors (Lipinski definition) is 0. The Morgan fingerprint density at radius 1 is 1.45 bits per heavy atom. The summed E-state index contributed by atoms with van der Waals surface area (Å²) in [4.78, 5) is 0. The summed E-state index contributed by atoms with van der Waals surface area (Å²) in [5, 5.41) is 5.25. The van der Waals surface area contributed by atoms with Crippen molar-refractivity contribution in [3.8, 4) is 0 Å². The minimum Gasteiger partial charge on any atom is -0.251 e. The highest BCUT2D eigenvalue weighted by Gasteiger charge is 2.00. The van der Waals surface area contributed by atoms with Crippen LogP contribution in [0.3, 0.4) is 0 Å². The Labute approximate surface area is 75.0 Å². The molecule has 0 aliphatic carbocycles. The van der Waals surface area contributed by atoms with Crippen molar-refractivity contribution < 1.29 is 0 Å². The molecule has 0 N–H and O–H groups in total. The van der Waals surface area contributed by atoms with Crippen LogP contribution in [0.2, 0.25) is 0 Å². The first-order valence-corrected chi connectivity index (χ1v) is 4.47. The maximum Gasteiger partial charge on any atom is 0.0728 e. The third-order valence-corrected chi connectivity index (χ3v) is 2.69. The van der Waals surface area contributed by atoms with Gasteiger partial charge in [0.05, 0.1) is 11.7 Å². The maximum atomic E-state index is 4.11. The van der Waals surface area contributed by atoms with E-state index in [0.717, 1.165) is 15.4 Å². The number of fused-ring (bicyclic) bond motifs is 1. The molecule has 0 bridgehead atoms. The second kappa shape index (κ2) is 2.58. The van der Waals surface area contributed by atoms with Crippen LogP contribution in [0.5, 0.6) is 0 Å². The Kier molecular flexibility index (Phi) is 1.70. The van der Waals surface area contributed by atoms with Gasteiger partial charge in [-0.3, -0.25) is 4.45 Å². The van der Waals surface area contributed by atoms with E-state index in [9.17, 15) is 0 Å². The first kappa shape index (κ1) is 7.26. The van der Waals surface area contributed by atoms with Gasteiger partial charge in [-0.25, -0.2) is 0 Å². The standard InChI is InChI=1S/C7H6BrN2P/c8-6-2-1-3-7-5(6)4-9-10(7)11/h1-4H,11H2. The van der Waals surface area contributed by atoms with E-state index in [1.165, 1.54) is 0 Å². The number of hydrogen-bond acceptors (Lipinski definition) is 1. The summed E-state index contributed by atoms with van der Waals surface area (Å²) in [6.07, 6.45) is 1.84. The molecule has 1 aromatic heterocycles. The summed E-state index contributed by atoms with van der Waals surface area (Å²) >= 11 is 3.45. The fraction of sp³-hybridized carbons (Fsp3) is 0. The van der Waals surface area contributed by atoms with E-state index in [-0.39, 0.29) is 0 Å². The highest BCUT2D eigenvalue weighted by molar-refractivity contribution is 9.10. The lowest BCUT2D eigenvalue weighted by molar-refractivity contribution is 1.04. The van der Waals surface area contributed by atoms with Crippen molar-refractivity contribution in [3.05, 3.63) is 28.9 Å². The van der Waals surface area contributed by atoms with Gasteiger partial charge in [0, 0.05) is 9.86 Å². The van der Waals surface area contributed by atoms with Crippen molar-refractivity contribution in [3.63, 3.8) is 0 Å². The van der Waals surface area contributed by atoms with Gasteiger partial charge in [0.15, 0.2) is 0 Å². The van der Waals surface area contributed by atoms with E-state index in [1.807, 2.05) is 24.4 Å². The van der Waals surface area contributed by atoms with Gasteiger partial charge in [-0.15, -0.1) is 0 Å². The van der Waals surface area contributed by atoms with Crippen molar-refractivity contribution in [1.29, 1.82) is 0 Å². The molecule has 1 heterocycles. The van der Waals surface area contributed by atoms with Crippen molar-refractivity contribution >= 4 is 36.2 Å². The summed E-state index contributed by atoms with van der Waals surface area (Å²) < 4.78 is 2.86. The lowest BCUT2D eigenvalue weighted by Crippen LogP contribution is -1.78. The van der Waals surface area contributed by atoms with Gasteiger partial charge in [0.2, 0.25) is 0 Å². The summed E-state index contributed by atoms with van der Waals surface area (Å²) in [5.74, 6) is 0. The van der Waals surface area contributed by atoms with Crippen LogP contribution in [-0.2, 0) is 0 Å². The average Bonchev–Trinajstić information content (AvgIpc) is 2.35. The molecular weight excluding hydrogens is 223 g/mol. The number of rotatable bonds is 0. The van der Waals surface area contributed by atoms with E-state index in [2.05, 4.69) is 30.4 Å². The molecule has 0 saturated heterocycles. The molecule has 11 heavy (non-hydrogen) atoms. The topological polar surface area (TPSA) is 17.8 Å². The van der Waals surface area contributed by atoms with Crippen LogP contribution in [0.4, 0.5) is 0 Å².